The van der Waals surface area contributed by atoms with Crippen molar-refractivity contribution in [3.63, 3.8) is 0 Å². The zero-order valence-corrected chi connectivity index (χ0v) is 13.6. The van der Waals surface area contributed by atoms with E-state index in [-0.39, 0.29) is 11.9 Å². The molecule has 0 aliphatic heterocycles. The van der Waals surface area contributed by atoms with Crippen LogP contribution in [0.15, 0.2) is 24.3 Å². The van der Waals surface area contributed by atoms with Crippen LogP contribution in [0.5, 0.6) is 0 Å². The van der Waals surface area contributed by atoms with Crippen LogP contribution in [0.25, 0.3) is 0 Å². The molecule has 0 aliphatic carbocycles. The summed E-state index contributed by atoms with van der Waals surface area (Å²) in [6, 6.07) is 7.96. The summed E-state index contributed by atoms with van der Waals surface area (Å²) in [5.41, 5.74) is 7.55. The second kappa shape index (κ2) is 9.40. The van der Waals surface area contributed by atoms with Gasteiger partial charge in [0.25, 0.3) is 5.91 Å². The maximum absolute atomic E-state index is 12.0. The SMILES string of the molecule is CCCCN(CC)c1ccc(C(=O)NCCC(C)N)cc1. The fourth-order valence-electron chi connectivity index (χ4n) is 2.16. The molecule has 0 radical (unpaired) electrons. The van der Waals surface area contributed by atoms with E-state index in [9.17, 15) is 4.79 Å². The Labute approximate surface area is 128 Å². The van der Waals surface area contributed by atoms with Crippen LogP contribution in [-0.4, -0.2) is 31.6 Å². The monoisotopic (exact) mass is 291 g/mol. The van der Waals surface area contributed by atoms with E-state index >= 15 is 0 Å². The minimum Gasteiger partial charge on any atom is -0.372 e. The molecule has 0 spiro atoms. The van der Waals surface area contributed by atoms with Gasteiger partial charge in [-0.25, -0.2) is 0 Å². The molecule has 1 rings (SSSR count). The van der Waals surface area contributed by atoms with Crippen LogP contribution in [0.2, 0.25) is 0 Å². The molecule has 0 saturated carbocycles. The highest BCUT2D eigenvalue weighted by molar-refractivity contribution is 5.94. The first-order valence-electron chi connectivity index (χ1n) is 7.97. The number of benzene rings is 1. The molecule has 0 aliphatic rings. The van der Waals surface area contributed by atoms with E-state index in [1.165, 1.54) is 18.5 Å². The van der Waals surface area contributed by atoms with Gasteiger partial charge >= 0.3 is 0 Å². The summed E-state index contributed by atoms with van der Waals surface area (Å²) in [5.74, 6) is -0.0289. The van der Waals surface area contributed by atoms with Crippen molar-refractivity contribution in [3.05, 3.63) is 29.8 Å². The minimum atomic E-state index is -0.0289. The first kappa shape index (κ1) is 17.5. The van der Waals surface area contributed by atoms with E-state index in [0.29, 0.717) is 12.1 Å². The maximum atomic E-state index is 12.0. The zero-order valence-electron chi connectivity index (χ0n) is 13.6. The van der Waals surface area contributed by atoms with Gasteiger partial charge in [0.15, 0.2) is 0 Å². The van der Waals surface area contributed by atoms with Gasteiger partial charge in [-0.05, 0) is 51.0 Å². The molecule has 0 bridgehead atoms. The predicted molar refractivity (Wildman–Crippen MR) is 89.8 cm³/mol. The van der Waals surface area contributed by atoms with E-state index in [4.69, 9.17) is 5.73 Å². The van der Waals surface area contributed by atoms with Crippen molar-refractivity contribution in [2.24, 2.45) is 5.73 Å². The van der Waals surface area contributed by atoms with E-state index in [1.807, 2.05) is 31.2 Å². The smallest absolute Gasteiger partial charge is 0.251 e. The number of nitrogens with one attached hydrogen (secondary N) is 1. The fourth-order valence-corrected chi connectivity index (χ4v) is 2.16. The largest absolute Gasteiger partial charge is 0.372 e. The Morgan fingerprint density at radius 2 is 1.95 bits per heavy atom. The Balaban J connectivity index is 2.57. The van der Waals surface area contributed by atoms with Crippen molar-refractivity contribution in [2.45, 2.75) is 46.1 Å². The lowest BCUT2D eigenvalue weighted by Gasteiger charge is -2.23. The molecule has 0 saturated heterocycles. The third kappa shape index (κ3) is 6.17. The molecule has 1 unspecified atom stereocenters. The van der Waals surface area contributed by atoms with Crippen LogP contribution in [-0.2, 0) is 0 Å². The minimum absolute atomic E-state index is 0.0289. The highest BCUT2D eigenvalue weighted by atomic mass is 16.1. The van der Waals surface area contributed by atoms with Crippen LogP contribution >= 0.6 is 0 Å². The van der Waals surface area contributed by atoms with Crippen LogP contribution in [0.4, 0.5) is 5.69 Å². The lowest BCUT2D eigenvalue weighted by atomic mass is 10.1. The van der Waals surface area contributed by atoms with Crippen molar-refractivity contribution in [2.75, 3.05) is 24.5 Å². The molecule has 0 heterocycles. The normalized spacial score (nSPS) is 12.0. The molecule has 4 heteroatoms. The van der Waals surface area contributed by atoms with Gasteiger partial charge in [0.2, 0.25) is 0 Å². The molecule has 118 valence electrons. The van der Waals surface area contributed by atoms with Gasteiger partial charge in [-0.1, -0.05) is 13.3 Å². The standard InChI is InChI=1S/C17H29N3O/c1-4-6-13-20(5-2)16-9-7-15(8-10-16)17(21)19-12-11-14(3)18/h7-10,14H,4-6,11-13,18H2,1-3H3,(H,19,21). The predicted octanol–water partition coefficient (Wildman–Crippen LogP) is 2.78. The van der Waals surface area contributed by atoms with Gasteiger partial charge in [0, 0.05) is 36.9 Å². The number of hydrogen-bond donors (Lipinski definition) is 2. The number of nitrogens with zero attached hydrogens (tertiary/aromatic N) is 1. The Morgan fingerprint density at radius 3 is 2.48 bits per heavy atom. The first-order valence-corrected chi connectivity index (χ1v) is 7.97. The number of anilines is 1. The molecule has 4 nitrogen and oxygen atoms in total. The molecule has 1 aromatic rings. The van der Waals surface area contributed by atoms with Gasteiger partial charge < -0.3 is 16.0 Å². The van der Waals surface area contributed by atoms with E-state index in [2.05, 4.69) is 24.1 Å². The summed E-state index contributed by atoms with van der Waals surface area (Å²) in [5, 5.41) is 2.89. The Bertz CT molecular complexity index is 415. The van der Waals surface area contributed by atoms with Gasteiger partial charge in [-0.15, -0.1) is 0 Å². The third-order valence-corrected chi connectivity index (χ3v) is 3.54. The van der Waals surface area contributed by atoms with Gasteiger partial charge in [-0.2, -0.15) is 0 Å². The molecule has 0 aromatic heterocycles. The molecule has 0 fully saturated rings. The van der Waals surface area contributed by atoms with Crippen molar-refractivity contribution in [1.29, 1.82) is 0 Å². The van der Waals surface area contributed by atoms with Gasteiger partial charge in [-0.3, -0.25) is 4.79 Å². The maximum Gasteiger partial charge on any atom is 0.251 e. The summed E-state index contributed by atoms with van der Waals surface area (Å²) >= 11 is 0. The number of rotatable bonds is 9. The van der Waals surface area contributed by atoms with Crippen molar-refractivity contribution < 1.29 is 4.79 Å². The molecule has 3 N–H and O–H groups in total. The van der Waals surface area contributed by atoms with Crippen LogP contribution < -0.4 is 16.0 Å². The number of nitrogens with two attached hydrogens (primary N) is 1. The summed E-state index contributed by atoms with van der Waals surface area (Å²) in [7, 11) is 0. The number of hydrogen-bond acceptors (Lipinski definition) is 3. The van der Waals surface area contributed by atoms with Crippen LogP contribution in [0, 0.1) is 0 Å². The molecule has 21 heavy (non-hydrogen) atoms. The summed E-state index contributed by atoms with van der Waals surface area (Å²) in [6.45, 7) is 8.97. The lowest BCUT2D eigenvalue weighted by molar-refractivity contribution is 0.0953. The quantitative estimate of drug-likeness (QED) is 0.735. The average Bonchev–Trinajstić information content (AvgIpc) is 2.48. The van der Waals surface area contributed by atoms with E-state index in [1.54, 1.807) is 0 Å². The molecular weight excluding hydrogens is 262 g/mol. The molecule has 1 atom stereocenters. The summed E-state index contributed by atoms with van der Waals surface area (Å²) in [6.07, 6.45) is 3.17. The summed E-state index contributed by atoms with van der Waals surface area (Å²) in [4.78, 5) is 14.3. The second-order valence-corrected chi connectivity index (χ2v) is 5.50. The number of unbranched alkanes of at least 4 members (excludes halogenated alkanes) is 1. The van der Waals surface area contributed by atoms with Gasteiger partial charge in [0.1, 0.15) is 0 Å². The molecular formula is C17H29N3O. The highest BCUT2D eigenvalue weighted by Crippen LogP contribution is 2.16. The Hall–Kier alpha value is -1.55. The van der Waals surface area contributed by atoms with Crippen LogP contribution in [0.1, 0.15) is 50.4 Å². The molecule has 1 amide bonds. The lowest BCUT2D eigenvalue weighted by Crippen LogP contribution is -2.29. The number of carbonyl (C=O) groups excluding carboxylic acids is 1. The van der Waals surface area contributed by atoms with Crippen molar-refractivity contribution >= 4 is 11.6 Å². The highest BCUT2D eigenvalue weighted by Gasteiger charge is 2.07. The number of amides is 1. The fraction of sp³-hybridized carbons (Fsp3) is 0.588. The van der Waals surface area contributed by atoms with Crippen molar-refractivity contribution in [1.82, 2.24) is 5.32 Å². The zero-order chi connectivity index (χ0) is 15.7. The van der Waals surface area contributed by atoms with Crippen molar-refractivity contribution in [3.8, 4) is 0 Å². The van der Waals surface area contributed by atoms with Crippen LogP contribution in [0.3, 0.4) is 0 Å². The average molecular weight is 291 g/mol. The first-order chi connectivity index (χ1) is 10.1. The third-order valence-electron chi connectivity index (χ3n) is 3.54. The Kier molecular flexibility index (Phi) is 7.83. The van der Waals surface area contributed by atoms with E-state index < -0.39 is 0 Å². The molecule has 1 aromatic carbocycles. The second-order valence-electron chi connectivity index (χ2n) is 5.50. The number of carbonyl (C=O) groups is 1. The Morgan fingerprint density at radius 1 is 1.29 bits per heavy atom. The summed E-state index contributed by atoms with van der Waals surface area (Å²) < 4.78 is 0. The topological polar surface area (TPSA) is 58.4 Å². The van der Waals surface area contributed by atoms with Gasteiger partial charge in [0.05, 0.1) is 0 Å². The van der Waals surface area contributed by atoms with E-state index in [0.717, 1.165) is 19.5 Å².